The van der Waals surface area contributed by atoms with Gasteiger partial charge in [-0.05, 0) is 33.6 Å². The van der Waals surface area contributed by atoms with Gasteiger partial charge in [-0.2, -0.15) is 0 Å². The Morgan fingerprint density at radius 3 is 2.48 bits per heavy atom. The van der Waals surface area contributed by atoms with Gasteiger partial charge < -0.3 is 25.2 Å². The topological polar surface area (TPSA) is 116 Å². The van der Waals surface area contributed by atoms with Crippen LogP contribution in [-0.2, 0) is 14.3 Å². The number of rotatable bonds is 4. The Morgan fingerprint density at radius 1 is 1.38 bits per heavy atom. The smallest absolute Gasteiger partial charge is 0.408 e. The van der Waals surface area contributed by atoms with Crippen molar-refractivity contribution >= 4 is 18.0 Å². The first-order valence-electron chi connectivity index (χ1n) is 6.79. The molecule has 1 fully saturated rings. The van der Waals surface area contributed by atoms with Crippen LogP contribution < -0.4 is 5.32 Å². The summed E-state index contributed by atoms with van der Waals surface area (Å²) in [6.07, 6.45) is 0.111. The Kier molecular flexibility index (Phi) is 5.54. The Bertz CT molecular complexity index is 417. The number of alkyl carbamates (subject to hydrolysis) is 1. The molecule has 0 bridgehead atoms. The molecule has 0 radical (unpaired) electrons. The summed E-state index contributed by atoms with van der Waals surface area (Å²) < 4.78 is 5.01. The normalized spacial score (nSPS) is 20.0. The second-order valence-corrected chi connectivity index (χ2v) is 5.91. The van der Waals surface area contributed by atoms with Gasteiger partial charge in [0.15, 0.2) is 0 Å². The number of aliphatic carboxylic acids is 1. The van der Waals surface area contributed by atoms with Gasteiger partial charge in [-0.15, -0.1) is 0 Å². The van der Waals surface area contributed by atoms with Gasteiger partial charge in [-0.1, -0.05) is 0 Å². The lowest BCUT2D eigenvalue weighted by Gasteiger charge is -2.27. The van der Waals surface area contributed by atoms with Crippen molar-refractivity contribution in [3.63, 3.8) is 0 Å². The van der Waals surface area contributed by atoms with E-state index in [2.05, 4.69) is 5.32 Å². The molecule has 0 spiro atoms. The number of hydrogen-bond donors (Lipinski definition) is 3. The van der Waals surface area contributed by atoms with Crippen LogP contribution in [-0.4, -0.2) is 63.9 Å². The summed E-state index contributed by atoms with van der Waals surface area (Å²) in [7, 11) is 0. The average Bonchev–Trinajstić information content (AvgIpc) is 2.82. The molecule has 2 atom stereocenters. The lowest BCUT2D eigenvalue weighted by molar-refractivity contribution is -0.149. The lowest BCUT2D eigenvalue weighted by atomic mass is 10.2. The van der Waals surface area contributed by atoms with Crippen molar-refractivity contribution < 1.29 is 29.3 Å². The third-order valence-corrected chi connectivity index (χ3v) is 2.99. The van der Waals surface area contributed by atoms with Crippen LogP contribution in [0.4, 0.5) is 4.79 Å². The number of aliphatic hydroxyl groups excluding tert-OH is 1. The second kappa shape index (κ2) is 6.75. The maximum Gasteiger partial charge on any atom is 0.408 e. The highest BCUT2D eigenvalue weighted by molar-refractivity contribution is 5.89. The maximum absolute atomic E-state index is 12.2. The molecule has 21 heavy (non-hydrogen) atoms. The van der Waals surface area contributed by atoms with Crippen molar-refractivity contribution in [1.29, 1.82) is 0 Å². The fourth-order valence-corrected chi connectivity index (χ4v) is 2.12. The number of nitrogens with one attached hydrogen (secondary N) is 1. The summed E-state index contributed by atoms with van der Waals surface area (Å²) in [4.78, 5) is 36.1. The van der Waals surface area contributed by atoms with E-state index in [0.717, 1.165) is 0 Å². The largest absolute Gasteiger partial charge is 0.480 e. The molecule has 3 N–H and O–H groups in total. The van der Waals surface area contributed by atoms with Gasteiger partial charge >= 0.3 is 12.1 Å². The van der Waals surface area contributed by atoms with E-state index in [1.54, 1.807) is 20.8 Å². The van der Waals surface area contributed by atoms with Crippen LogP contribution in [0.15, 0.2) is 0 Å². The number of likely N-dealkylation sites (tertiary alicyclic amines) is 1. The van der Waals surface area contributed by atoms with Gasteiger partial charge in [-0.25, -0.2) is 9.59 Å². The van der Waals surface area contributed by atoms with E-state index in [4.69, 9.17) is 9.84 Å². The molecule has 1 heterocycles. The highest BCUT2D eigenvalue weighted by Gasteiger charge is 2.37. The van der Waals surface area contributed by atoms with Gasteiger partial charge in [0.1, 0.15) is 17.7 Å². The quantitative estimate of drug-likeness (QED) is 0.670. The van der Waals surface area contributed by atoms with Crippen LogP contribution in [0.5, 0.6) is 0 Å². The summed E-state index contributed by atoms with van der Waals surface area (Å²) in [5.41, 5.74) is -0.732. The molecule has 2 amide bonds. The molecule has 1 saturated heterocycles. The first-order valence-corrected chi connectivity index (χ1v) is 6.79. The molecule has 8 heteroatoms. The molecule has 0 aromatic rings. The molecule has 0 saturated carbocycles. The van der Waals surface area contributed by atoms with Crippen molar-refractivity contribution in [2.45, 2.75) is 51.3 Å². The van der Waals surface area contributed by atoms with Crippen molar-refractivity contribution in [3.05, 3.63) is 0 Å². The van der Waals surface area contributed by atoms with E-state index in [1.165, 1.54) is 4.90 Å². The molecule has 1 aliphatic rings. The molecule has 1 aliphatic heterocycles. The number of amides is 2. The van der Waals surface area contributed by atoms with Crippen molar-refractivity contribution in [1.82, 2.24) is 10.2 Å². The number of carboxylic acid groups (broad SMARTS) is 1. The highest BCUT2D eigenvalue weighted by Crippen LogP contribution is 2.18. The summed E-state index contributed by atoms with van der Waals surface area (Å²) >= 11 is 0. The van der Waals surface area contributed by atoms with Crippen LogP contribution in [0.1, 0.15) is 33.6 Å². The van der Waals surface area contributed by atoms with Crippen LogP contribution >= 0.6 is 0 Å². The lowest BCUT2D eigenvalue weighted by Crippen LogP contribution is -2.53. The van der Waals surface area contributed by atoms with Gasteiger partial charge in [0, 0.05) is 6.54 Å². The minimum Gasteiger partial charge on any atom is -0.480 e. The van der Waals surface area contributed by atoms with E-state index >= 15 is 0 Å². The van der Waals surface area contributed by atoms with Crippen molar-refractivity contribution in [2.24, 2.45) is 0 Å². The Morgan fingerprint density at radius 2 is 2.00 bits per heavy atom. The number of aliphatic hydroxyl groups is 1. The van der Waals surface area contributed by atoms with E-state index in [1.807, 2.05) is 0 Å². The molecule has 1 rings (SSSR count). The highest BCUT2D eigenvalue weighted by atomic mass is 16.6. The fourth-order valence-electron chi connectivity index (χ4n) is 2.12. The zero-order chi connectivity index (χ0) is 16.2. The third-order valence-electron chi connectivity index (χ3n) is 2.99. The van der Waals surface area contributed by atoms with Crippen molar-refractivity contribution in [3.8, 4) is 0 Å². The zero-order valence-electron chi connectivity index (χ0n) is 12.5. The minimum atomic E-state index is -1.21. The summed E-state index contributed by atoms with van der Waals surface area (Å²) in [6.45, 7) is 4.68. The van der Waals surface area contributed by atoms with E-state index in [-0.39, 0.29) is 0 Å². The van der Waals surface area contributed by atoms with Crippen molar-refractivity contribution in [2.75, 3.05) is 13.2 Å². The van der Waals surface area contributed by atoms with Crippen LogP contribution in [0.3, 0.4) is 0 Å². The molecule has 0 aromatic carbocycles. The van der Waals surface area contributed by atoms with Crippen LogP contribution in [0.25, 0.3) is 0 Å². The Labute approximate surface area is 123 Å². The SMILES string of the molecule is CC(C)(C)OC(=O)NC(CO)C(=O)N1CCC[C@H]1C(=O)O. The number of carboxylic acids is 1. The van der Waals surface area contributed by atoms with Crippen LogP contribution in [0.2, 0.25) is 0 Å². The van der Waals surface area contributed by atoms with E-state index < -0.39 is 42.3 Å². The fraction of sp³-hybridized carbons (Fsp3) is 0.769. The molecule has 120 valence electrons. The molecule has 8 nitrogen and oxygen atoms in total. The second-order valence-electron chi connectivity index (χ2n) is 5.91. The Hall–Kier alpha value is -1.83. The number of carbonyl (C=O) groups excluding carboxylic acids is 2. The number of carbonyl (C=O) groups is 3. The zero-order valence-corrected chi connectivity index (χ0v) is 12.5. The molecular formula is C13H22N2O6. The maximum atomic E-state index is 12.2. The first-order chi connectivity index (χ1) is 9.65. The first kappa shape index (κ1) is 17.2. The van der Waals surface area contributed by atoms with Crippen LogP contribution in [0, 0.1) is 0 Å². The monoisotopic (exact) mass is 302 g/mol. The molecular weight excluding hydrogens is 280 g/mol. The van der Waals surface area contributed by atoms with E-state index in [9.17, 15) is 19.5 Å². The van der Waals surface area contributed by atoms with Gasteiger partial charge in [0.25, 0.3) is 0 Å². The standard InChI is InChI=1S/C13H22N2O6/c1-13(2,3)21-12(20)14-8(7-16)10(17)15-6-4-5-9(15)11(18)19/h8-9,16H,4-7H2,1-3H3,(H,14,20)(H,18,19)/t8?,9-/m0/s1. The predicted octanol–water partition coefficient (Wildman–Crippen LogP) is -0.0524. The molecule has 0 aliphatic carbocycles. The third kappa shape index (κ3) is 4.89. The predicted molar refractivity (Wildman–Crippen MR) is 72.6 cm³/mol. The summed E-state index contributed by atoms with van der Waals surface area (Å²) in [6, 6.07) is -2.12. The van der Waals surface area contributed by atoms with Gasteiger partial charge in [0.05, 0.1) is 6.61 Å². The van der Waals surface area contributed by atoms with Gasteiger partial charge in [-0.3, -0.25) is 4.79 Å². The molecule has 1 unspecified atom stereocenters. The Balaban J connectivity index is 2.69. The summed E-state index contributed by atoms with van der Waals surface area (Å²) in [5.74, 6) is -1.71. The molecule has 0 aromatic heterocycles. The van der Waals surface area contributed by atoms with E-state index in [0.29, 0.717) is 19.4 Å². The number of ether oxygens (including phenoxy) is 1. The summed E-state index contributed by atoms with van der Waals surface area (Å²) in [5, 5.41) is 20.6. The average molecular weight is 302 g/mol. The van der Waals surface area contributed by atoms with Gasteiger partial charge in [0.2, 0.25) is 5.91 Å². The number of hydrogen-bond acceptors (Lipinski definition) is 5. The minimum absolute atomic E-state index is 0.294. The number of nitrogens with zero attached hydrogens (tertiary/aromatic N) is 1.